The fourth-order valence-corrected chi connectivity index (χ4v) is 2.69. The van der Waals surface area contributed by atoms with E-state index in [0.29, 0.717) is 0 Å². The molecule has 0 aromatic heterocycles. The third-order valence-corrected chi connectivity index (χ3v) is 3.22. The second kappa shape index (κ2) is 6.03. The molecule has 19 heavy (non-hydrogen) atoms. The molecule has 2 aromatic rings. The van der Waals surface area contributed by atoms with Crippen LogP contribution in [0.5, 0.6) is 0 Å². The van der Waals surface area contributed by atoms with Crippen LogP contribution in [0, 0.1) is 27.7 Å². The number of benzene rings is 2. The van der Waals surface area contributed by atoms with Crippen LogP contribution in [0.15, 0.2) is 36.4 Å². The van der Waals surface area contributed by atoms with Gasteiger partial charge in [-0.25, -0.2) is 0 Å². The summed E-state index contributed by atoms with van der Waals surface area (Å²) in [7, 11) is 0. The first-order valence-electron chi connectivity index (χ1n) is 6.88. The summed E-state index contributed by atoms with van der Waals surface area (Å²) >= 11 is 0. The quantitative estimate of drug-likeness (QED) is 0.860. The summed E-state index contributed by atoms with van der Waals surface area (Å²) in [4.78, 5) is 0. The molecule has 0 amide bonds. The summed E-state index contributed by atoms with van der Waals surface area (Å²) in [5, 5.41) is 3.53. The number of aryl methyl sites for hydroxylation is 4. The SMILES string of the molecule is Cc1cc(C)cc(CNCc2cc(C)cc(C)c2)c1. The molecule has 0 atom stereocenters. The third kappa shape index (κ3) is 4.22. The van der Waals surface area contributed by atoms with Crippen molar-refractivity contribution in [3.05, 3.63) is 69.8 Å². The van der Waals surface area contributed by atoms with Gasteiger partial charge in [-0.3, -0.25) is 0 Å². The molecule has 2 rings (SSSR count). The molecule has 0 aliphatic rings. The monoisotopic (exact) mass is 253 g/mol. The number of nitrogens with one attached hydrogen (secondary N) is 1. The fourth-order valence-electron chi connectivity index (χ4n) is 2.69. The third-order valence-electron chi connectivity index (χ3n) is 3.22. The zero-order valence-corrected chi connectivity index (χ0v) is 12.4. The van der Waals surface area contributed by atoms with Gasteiger partial charge in [0, 0.05) is 13.1 Å². The molecule has 0 radical (unpaired) electrons. The van der Waals surface area contributed by atoms with Gasteiger partial charge in [-0.15, -0.1) is 0 Å². The molecule has 2 aromatic carbocycles. The molecule has 1 N–H and O–H groups in total. The van der Waals surface area contributed by atoms with E-state index in [1.54, 1.807) is 0 Å². The predicted molar refractivity (Wildman–Crippen MR) is 82.4 cm³/mol. The van der Waals surface area contributed by atoms with Crippen molar-refractivity contribution in [3.63, 3.8) is 0 Å². The molecule has 0 fully saturated rings. The molecule has 0 unspecified atom stereocenters. The summed E-state index contributed by atoms with van der Waals surface area (Å²) in [5.74, 6) is 0. The van der Waals surface area contributed by atoms with Crippen molar-refractivity contribution >= 4 is 0 Å². The Labute approximate surface area is 116 Å². The smallest absolute Gasteiger partial charge is 0.0208 e. The molecule has 1 nitrogen and oxygen atoms in total. The molecule has 0 bridgehead atoms. The van der Waals surface area contributed by atoms with E-state index < -0.39 is 0 Å². The lowest BCUT2D eigenvalue weighted by molar-refractivity contribution is 0.692. The standard InChI is InChI=1S/C18H23N/c1-13-5-14(2)8-17(7-13)11-19-12-18-9-15(3)6-16(4)10-18/h5-10,19H,11-12H2,1-4H3. The van der Waals surface area contributed by atoms with Crippen LogP contribution in [0.4, 0.5) is 0 Å². The average Bonchev–Trinajstić information content (AvgIpc) is 2.26. The maximum atomic E-state index is 3.53. The van der Waals surface area contributed by atoms with Crippen molar-refractivity contribution < 1.29 is 0 Å². The van der Waals surface area contributed by atoms with Gasteiger partial charge < -0.3 is 5.32 Å². The highest BCUT2D eigenvalue weighted by molar-refractivity contribution is 5.30. The highest BCUT2D eigenvalue weighted by atomic mass is 14.8. The molecular formula is C18H23N. The van der Waals surface area contributed by atoms with E-state index in [0.717, 1.165) is 13.1 Å². The van der Waals surface area contributed by atoms with Crippen LogP contribution >= 0.6 is 0 Å². The van der Waals surface area contributed by atoms with Gasteiger partial charge >= 0.3 is 0 Å². The summed E-state index contributed by atoms with van der Waals surface area (Å²) in [6.07, 6.45) is 0. The van der Waals surface area contributed by atoms with E-state index in [1.807, 2.05) is 0 Å². The minimum Gasteiger partial charge on any atom is -0.309 e. The van der Waals surface area contributed by atoms with E-state index in [1.165, 1.54) is 33.4 Å². The normalized spacial score (nSPS) is 10.7. The number of rotatable bonds is 4. The van der Waals surface area contributed by atoms with Crippen LogP contribution in [-0.2, 0) is 13.1 Å². The molecule has 1 heteroatoms. The molecule has 0 aliphatic carbocycles. The maximum absolute atomic E-state index is 3.53. The lowest BCUT2D eigenvalue weighted by Crippen LogP contribution is -2.13. The van der Waals surface area contributed by atoms with E-state index in [-0.39, 0.29) is 0 Å². The van der Waals surface area contributed by atoms with Crippen molar-refractivity contribution in [2.45, 2.75) is 40.8 Å². The minimum atomic E-state index is 0.926. The summed E-state index contributed by atoms with van der Waals surface area (Å²) in [6.45, 7) is 10.5. The molecular weight excluding hydrogens is 230 g/mol. The van der Waals surface area contributed by atoms with Crippen LogP contribution in [0.25, 0.3) is 0 Å². The Morgan fingerprint density at radius 3 is 1.21 bits per heavy atom. The van der Waals surface area contributed by atoms with Crippen molar-refractivity contribution in [1.82, 2.24) is 5.32 Å². The first-order chi connectivity index (χ1) is 9.02. The van der Waals surface area contributed by atoms with E-state index in [9.17, 15) is 0 Å². The van der Waals surface area contributed by atoms with Crippen LogP contribution < -0.4 is 5.32 Å². The first-order valence-corrected chi connectivity index (χ1v) is 6.88. The van der Waals surface area contributed by atoms with Crippen molar-refractivity contribution in [3.8, 4) is 0 Å². The van der Waals surface area contributed by atoms with E-state index in [2.05, 4.69) is 69.4 Å². The van der Waals surface area contributed by atoms with Gasteiger partial charge in [-0.05, 0) is 38.8 Å². The fraction of sp³-hybridized carbons (Fsp3) is 0.333. The molecule has 0 saturated carbocycles. The Morgan fingerprint density at radius 1 is 0.579 bits per heavy atom. The van der Waals surface area contributed by atoms with Crippen LogP contribution in [-0.4, -0.2) is 0 Å². The average molecular weight is 253 g/mol. The second-order valence-electron chi connectivity index (χ2n) is 5.60. The van der Waals surface area contributed by atoms with E-state index in [4.69, 9.17) is 0 Å². The molecule has 0 heterocycles. The van der Waals surface area contributed by atoms with Crippen LogP contribution in [0.1, 0.15) is 33.4 Å². The van der Waals surface area contributed by atoms with Gasteiger partial charge in [0.1, 0.15) is 0 Å². The molecule has 0 aliphatic heterocycles. The summed E-state index contributed by atoms with van der Waals surface area (Å²) in [6, 6.07) is 13.4. The molecule has 0 saturated heterocycles. The largest absolute Gasteiger partial charge is 0.309 e. The Kier molecular flexibility index (Phi) is 4.39. The highest BCUT2D eigenvalue weighted by Gasteiger charge is 1.98. The van der Waals surface area contributed by atoms with Gasteiger partial charge in [0.05, 0.1) is 0 Å². The Hall–Kier alpha value is -1.60. The van der Waals surface area contributed by atoms with Crippen LogP contribution in [0.3, 0.4) is 0 Å². The van der Waals surface area contributed by atoms with Crippen molar-refractivity contribution in [2.24, 2.45) is 0 Å². The van der Waals surface area contributed by atoms with Crippen molar-refractivity contribution in [1.29, 1.82) is 0 Å². The van der Waals surface area contributed by atoms with Crippen LogP contribution in [0.2, 0.25) is 0 Å². The predicted octanol–water partition coefficient (Wildman–Crippen LogP) is 4.21. The van der Waals surface area contributed by atoms with Gasteiger partial charge in [-0.1, -0.05) is 58.7 Å². The van der Waals surface area contributed by atoms with Gasteiger partial charge in [0.2, 0.25) is 0 Å². The topological polar surface area (TPSA) is 12.0 Å². The summed E-state index contributed by atoms with van der Waals surface area (Å²) < 4.78 is 0. The highest BCUT2D eigenvalue weighted by Crippen LogP contribution is 2.11. The Balaban J connectivity index is 1.96. The zero-order valence-electron chi connectivity index (χ0n) is 12.4. The number of hydrogen-bond acceptors (Lipinski definition) is 1. The van der Waals surface area contributed by atoms with E-state index >= 15 is 0 Å². The van der Waals surface area contributed by atoms with Gasteiger partial charge in [0.25, 0.3) is 0 Å². The van der Waals surface area contributed by atoms with Gasteiger partial charge in [0.15, 0.2) is 0 Å². The minimum absolute atomic E-state index is 0.926. The first kappa shape index (κ1) is 13.8. The summed E-state index contributed by atoms with van der Waals surface area (Å²) in [5.41, 5.74) is 8.07. The number of hydrogen-bond donors (Lipinski definition) is 1. The second-order valence-corrected chi connectivity index (χ2v) is 5.60. The maximum Gasteiger partial charge on any atom is 0.0208 e. The molecule has 100 valence electrons. The lowest BCUT2D eigenvalue weighted by atomic mass is 10.1. The zero-order chi connectivity index (χ0) is 13.8. The van der Waals surface area contributed by atoms with Gasteiger partial charge in [-0.2, -0.15) is 0 Å². The Morgan fingerprint density at radius 2 is 0.895 bits per heavy atom. The van der Waals surface area contributed by atoms with Crippen molar-refractivity contribution in [2.75, 3.05) is 0 Å². The Bertz CT molecular complexity index is 478. The molecule has 0 spiro atoms. The lowest BCUT2D eigenvalue weighted by Gasteiger charge is -2.09.